The largest absolute Gasteiger partial charge is 0.348 e. The van der Waals surface area contributed by atoms with Crippen LogP contribution < -0.4 is 5.32 Å². The van der Waals surface area contributed by atoms with Gasteiger partial charge in [0.2, 0.25) is 0 Å². The van der Waals surface area contributed by atoms with E-state index in [-0.39, 0.29) is 5.91 Å². The molecule has 4 aliphatic heterocycles. The van der Waals surface area contributed by atoms with Crippen molar-refractivity contribution < 1.29 is 4.79 Å². The molecule has 2 unspecified atom stereocenters. The Bertz CT molecular complexity index is 782. The second kappa shape index (κ2) is 5.31. The molecular formula is C19H24N4O. The fourth-order valence-electron chi connectivity index (χ4n) is 5.34. The van der Waals surface area contributed by atoms with Gasteiger partial charge in [-0.3, -0.25) is 14.4 Å². The summed E-state index contributed by atoms with van der Waals surface area (Å²) < 4.78 is 1.80. The Hall–Kier alpha value is -1.88. The SMILES string of the molecule is Cn1nc(C(=O)NC2CC3CC4CCN3C(C4)C2)c2ccccc21. The van der Waals surface area contributed by atoms with E-state index in [1.54, 1.807) is 4.68 Å². The van der Waals surface area contributed by atoms with Gasteiger partial charge in [-0.05, 0) is 50.6 Å². The Labute approximate surface area is 142 Å². The molecule has 2 aromatic rings. The molecule has 5 nitrogen and oxygen atoms in total. The van der Waals surface area contributed by atoms with Gasteiger partial charge in [0.25, 0.3) is 5.91 Å². The number of nitrogens with one attached hydrogen (secondary N) is 1. The molecule has 0 radical (unpaired) electrons. The van der Waals surface area contributed by atoms with Crippen LogP contribution in [0.2, 0.25) is 0 Å². The van der Waals surface area contributed by atoms with Crippen LogP contribution in [0.5, 0.6) is 0 Å². The lowest BCUT2D eigenvalue weighted by molar-refractivity contribution is -0.0432. The molecule has 4 fully saturated rings. The van der Waals surface area contributed by atoms with E-state index < -0.39 is 0 Å². The van der Waals surface area contributed by atoms with Gasteiger partial charge in [-0.15, -0.1) is 0 Å². The first-order valence-corrected chi connectivity index (χ1v) is 9.17. The number of hydrogen-bond donors (Lipinski definition) is 1. The number of hydrogen-bond acceptors (Lipinski definition) is 3. The summed E-state index contributed by atoms with van der Waals surface area (Å²) in [6, 6.07) is 9.60. The van der Waals surface area contributed by atoms with Gasteiger partial charge < -0.3 is 5.32 Å². The van der Waals surface area contributed by atoms with Gasteiger partial charge in [0.05, 0.1) is 5.52 Å². The molecule has 0 saturated carbocycles. The van der Waals surface area contributed by atoms with Crippen molar-refractivity contribution >= 4 is 16.8 Å². The number of para-hydroxylation sites is 1. The van der Waals surface area contributed by atoms with Gasteiger partial charge in [-0.2, -0.15) is 5.10 Å². The van der Waals surface area contributed by atoms with E-state index in [1.807, 2.05) is 31.3 Å². The van der Waals surface area contributed by atoms with Gasteiger partial charge in [0.1, 0.15) is 0 Å². The zero-order chi connectivity index (χ0) is 16.3. The Balaban J connectivity index is 1.35. The quantitative estimate of drug-likeness (QED) is 0.922. The van der Waals surface area contributed by atoms with Crippen LogP contribution in [0, 0.1) is 5.92 Å². The minimum Gasteiger partial charge on any atom is -0.348 e. The number of carbonyl (C=O) groups excluding carboxylic acids is 1. The maximum absolute atomic E-state index is 12.8. The maximum atomic E-state index is 12.8. The lowest BCUT2D eigenvalue weighted by Gasteiger charge is -2.55. The summed E-state index contributed by atoms with van der Waals surface area (Å²) in [5.41, 5.74) is 1.57. The zero-order valence-corrected chi connectivity index (χ0v) is 14.1. The number of carbonyl (C=O) groups is 1. The Kier molecular flexibility index (Phi) is 3.20. The van der Waals surface area contributed by atoms with E-state index in [2.05, 4.69) is 15.3 Å². The number of piperidine rings is 4. The van der Waals surface area contributed by atoms with E-state index in [0.29, 0.717) is 23.8 Å². The molecule has 6 rings (SSSR count). The van der Waals surface area contributed by atoms with Gasteiger partial charge in [0, 0.05) is 30.6 Å². The molecule has 126 valence electrons. The molecule has 4 bridgehead atoms. The highest BCUT2D eigenvalue weighted by Crippen LogP contribution is 2.42. The summed E-state index contributed by atoms with van der Waals surface area (Å²) in [6.07, 6.45) is 6.24. The third kappa shape index (κ3) is 2.18. The summed E-state index contributed by atoms with van der Waals surface area (Å²) in [4.78, 5) is 15.5. The average molecular weight is 324 g/mol. The van der Waals surface area contributed by atoms with Crippen molar-refractivity contribution in [3.05, 3.63) is 30.0 Å². The first-order valence-electron chi connectivity index (χ1n) is 9.17. The summed E-state index contributed by atoms with van der Waals surface area (Å²) in [6.45, 7) is 1.27. The first kappa shape index (κ1) is 14.5. The van der Waals surface area contributed by atoms with Crippen LogP contribution in [-0.2, 0) is 7.05 Å². The molecule has 0 spiro atoms. The molecule has 1 N–H and O–H groups in total. The van der Waals surface area contributed by atoms with E-state index >= 15 is 0 Å². The van der Waals surface area contributed by atoms with Gasteiger partial charge in [0.15, 0.2) is 5.69 Å². The second-order valence-corrected chi connectivity index (χ2v) is 7.80. The van der Waals surface area contributed by atoms with Crippen LogP contribution in [0.3, 0.4) is 0 Å². The maximum Gasteiger partial charge on any atom is 0.272 e. The Morgan fingerprint density at radius 3 is 2.67 bits per heavy atom. The lowest BCUT2D eigenvalue weighted by Crippen LogP contribution is -2.61. The Morgan fingerprint density at radius 2 is 1.92 bits per heavy atom. The van der Waals surface area contributed by atoms with Crippen molar-refractivity contribution in [3.8, 4) is 0 Å². The number of aromatic nitrogens is 2. The minimum atomic E-state index is -0.0167. The molecule has 1 aromatic heterocycles. The normalized spacial score (nSPS) is 34.5. The van der Waals surface area contributed by atoms with E-state index in [4.69, 9.17) is 0 Å². The molecule has 5 heterocycles. The second-order valence-electron chi connectivity index (χ2n) is 7.80. The molecule has 24 heavy (non-hydrogen) atoms. The number of amides is 1. The summed E-state index contributed by atoms with van der Waals surface area (Å²) in [5.74, 6) is 0.915. The van der Waals surface area contributed by atoms with Crippen molar-refractivity contribution in [2.24, 2.45) is 13.0 Å². The predicted molar refractivity (Wildman–Crippen MR) is 92.8 cm³/mol. The van der Waals surface area contributed by atoms with Gasteiger partial charge in [-0.1, -0.05) is 18.2 Å². The standard InChI is InChI=1S/C19H24N4O/c1-22-17-5-3-2-4-16(17)18(21-22)19(24)20-13-10-14-8-12-6-7-23(14)15(9-12)11-13/h2-5,12-15H,6-11H2,1H3,(H,20,24). The van der Waals surface area contributed by atoms with Crippen molar-refractivity contribution in [3.63, 3.8) is 0 Å². The van der Waals surface area contributed by atoms with Crippen LogP contribution in [0.4, 0.5) is 0 Å². The monoisotopic (exact) mass is 324 g/mol. The highest BCUT2D eigenvalue weighted by Gasteiger charge is 2.45. The fraction of sp³-hybridized carbons (Fsp3) is 0.579. The molecule has 5 heteroatoms. The number of aryl methyl sites for hydroxylation is 1. The fourth-order valence-corrected chi connectivity index (χ4v) is 5.34. The molecular weight excluding hydrogens is 300 g/mol. The molecule has 0 aliphatic carbocycles. The predicted octanol–water partition coefficient (Wildman–Crippen LogP) is 2.32. The van der Waals surface area contributed by atoms with Crippen molar-refractivity contribution in [1.29, 1.82) is 0 Å². The minimum absolute atomic E-state index is 0.0167. The van der Waals surface area contributed by atoms with Crippen molar-refractivity contribution in [2.45, 2.75) is 50.2 Å². The topological polar surface area (TPSA) is 50.2 Å². The smallest absolute Gasteiger partial charge is 0.272 e. The van der Waals surface area contributed by atoms with Crippen LogP contribution >= 0.6 is 0 Å². The number of benzene rings is 1. The van der Waals surface area contributed by atoms with Gasteiger partial charge >= 0.3 is 0 Å². The van der Waals surface area contributed by atoms with E-state index in [9.17, 15) is 4.79 Å². The summed E-state index contributed by atoms with van der Waals surface area (Å²) in [7, 11) is 1.90. The van der Waals surface area contributed by atoms with Crippen LogP contribution in [0.15, 0.2) is 24.3 Å². The first-order chi connectivity index (χ1) is 11.7. The van der Waals surface area contributed by atoms with Crippen LogP contribution in [0.25, 0.3) is 10.9 Å². The highest BCUT2D eigenvalue weighted by molar-refractivity contribution is 6.04. The molecule has 1 amide bonds. The summed E-state index contributed by atoms with van der Waals surface area (Å²) >= 11 is 0. The number of rotatable bonds is 2. The third-order valence-corrected chi connectivity index (χ3v) is 6.37. The molecule has 4 saturated heterocycles. The molecule has 1 aromatic carbocycles. The molecule has 4 aliphatic rings. The van der Waals surface area contributed by atoms with E-state index in [1.165, 1.54) is 25.8 Å². The van der Waals surface area contributed by atoms with Crippen molar-refractivity contribution in [1.82, 2.24) is 20.0 Å². The Morgan fingerprint density at radius 1 is 1.17 bits per heavy atom. The molecule has 2 atom stereocenters. The van der Waals surface area contributed by atoms with Gasteiger partial charge in [-0.25, -0.2) is 0 Å². The highest BCUT2D eigenvalue weighted by atomic mass is 16.2. The number of fused-ring (bicyclic) bond motifs is 2. The van der Waals surface area contributed by atoms with Crippen LogP contribution in [-0.4, -0.2) is 45.3 Å². The summed E-state index contributed by atoms with van der Waals surface area (Å²) in [5, 5.41) is 8.69. The zero-order valence-electron chi connectivity index (χ0n) is 14.1. The lowest BCUT2D eigenvalue weighted by atomic mass is 9.72. The number of nitrogens with zero attached hydrogens (tertiary/aromatic N) is 3. The van der Waals surface area contributed by atoms with Crippen LogP contribution in [0.1, 0.15) is 42.6 Å². The van der Waals surface area contributed by atoms with E-state index in [0.717, 1.165) is 29.7 Å². The third-order valence-electron chi connectivity index (χ3n) is 6.37. The average Bonchev–Trinajstić information content (AvgIpc) is 2.92. The van der Waals surface area contributed by atoms with Crippen molar-refractivity contribution in [2.75, 3.05) is 6.54 Å².